The van der Waals surface area contributed by atoms with Crippen molar-refractivity contribution < 1.29 is 65.9 Å². The molecule has 0 nitrogen and oxygen atoms in total. The van der Waals surface area contributed by atoms with Crippen LogP contribution in [-0.4, -0.2) is 41.7 Å². The Balaban J connectivity index is 5.69. The molecule has 0 rings (SSSR count). The average Bonchev–Trinajstić information content (AvgIpc) is 2.59. The van der Waals surface area contributed by atoms with Crippen molar-refractivity contribution in [3.05, 3.63) is 0 Å². The van der Waals surface area contributed by atoms with Gasteiger partial charge in [-0.15, -0.1) is 0 Å². The van der Waals surface area contributed by atoms with Crippen molar-refractivity contribution in [3.63, 3.8) is 0 Å². The fourth-order valence-electron chi connectivity index (χ4n) is 2.46. The quantitative estimate of drug-likeness (QED) is 0.177. The van der Waals surface area contributed by atoms with E-state index in [0.717, 1.165) is 12.8 Å². The van der Waals surface area contributed by atoms with Crippen LogP contribution in [0.1, 0.15) is 58.3 Å². The zero-order valence-corrected chi connectivity index (χ0v) is 15.8. The molecule has 0 aromatic carbocycles. The summed E-state index contributed by atoms with van der Waals surface area (Å²) in [5, 5.41) is 0. The summed E-state index contributed by atoms with van der Waals surface area (Å²) in [4.78, 5) is 0. The summed E-state index contributed by atoms with van der Waals surface area (Å²) in [6.45, 7) is 1.83. The first-order valence-corrected chi connectivity index (χ1v) is 8.90. The van der Waals surface area contributed by atoms with Gasteiger partial charge in [-0.25, -0.2) is 0 Å². The molecule has 0 saturated carbocycles. The molecule has 0 fully saturated rings. The Morgan fingerprint density at radius 2 is 0.710 bits per heavy atom. The lowest BCUT2D eigenvalue weighted by molar-refractivity contribution is -0.452. The van der Waals surface area contributed by atoms with Crippen LogP contribution in [0, 0.1) is 0 Å². The Morgan fingerprint density at radius 1 is 0.387 bits per heavy atom. The van der Waals surface area contributed by atoms with Crippen molar-refractivity contribution in [2.24, 2.45) is 0 Å². The van der Waals surface area contributed by atoms with Crippen LogP contribution >= 0.6 is 0 Å². The molecule has 0 aliphatic heterocycles. The van der Waals surface area contributed by atoms with Crippen molar-refractivity contribution in [1.29, 1.82) is 0 Å². The van der Waals surface area contributed by atoms with E-state index in [2.05, 4.69) is 0 Å². The zero-order chi connectivity index (χ0) is 25.2. The first-order valence-electron chi connectivity index (χ1n) is 8.90. The number of halogens is 15. The van der Waals surface area contributed by atoms with Crippen LogP contribution in [0.3, 0.4) is 0 Å². The third-order valence-corrected chi connectivity index (χ3v) is 4.49. The minimum Gasteiger partial charge on any atom is -0.200 e. The lowest BCUT2D eigenvalue weighted by atomic mass is 9.89. The molecule has 0 radical (unpaired) electrons. The molecular formula is C16H19F15. The number of hydrogen-bond donors (Lipinski definition) is 0. The second-order valence-electron chi connectivity index (χ2n) is 6.95. The summed E-state index contributed by atoms with van der Waals surface area (Å²) in [5.74, 6) is -45.8. The highest BCUT2D eigenvalue weighted by atomic mass is 19.4. The normalized spacial score (nSPS) is 15.5. The molecule has 0 amide bonds. The van der Waals surface area contributed by atoms with E-state index in [4.69, 9.17) is 0 Å². The summed E-state index contributed by atoms with van der Waals surface area (Å²) < 4.78 is 195. The fourth-order valence-corrected chi connectivity index (χ4v) is 2.46. The summed E-state index contributed by atoms with van der Waals surface area (Å²) in [7, 11) is 0. The van der Waals surface area contributed by atoms with E-state index in [1.54, 1.807) is 0 Å². The summed E-state index contributed by atoms with van der Waals surface area (Å²) >= 11 is 0. The maximum absolute atomic E-state index is 13.6. The molecule has 0 bridgehead atoms. The molecule has 0 saturated heterocycles. The number of hydrogen-bond acceptors (Lipinski definition) is 0. The van der Waals surface area contributed by atoms with Crippen LogP contribution in [0.5, 0.6) is 0 Å². The van der Waals surface area contributed by atoms with E-state index >= 15 is 0 Å². The maximum Gasteiger partial charge on any atom is 0.460 e. The minimum absolute atomic E-state index is 0.157. The lowest BCUT2D eigenvalue weighted by Gasteiger charge is -2.41. The third kappa shape index (κ3) is 5.31. The molecular weight excluding hydrogens is 477 g/mol. The molecule has 15 heteroatoms. The van der Waals surface area contributed by atoms with Gasteiger partial charge in [0.1, 0.15) is 0 Å². The van der Waals surface area contributed by atoms with Gasteiger partial charge in [0.2, 0.25) is 0 Å². The van der Waals surface area contributed by atoms with Gasteiger partial charge < -0.3 is 0 Å². The second kappa shape index (κ2) is 9.44. The van der Waals surface area contributed by atoms with E-state index in [9.17, 15) is 65.9 Å². The van der Waals surface area contributed by atoms with Crippen LogP contribution in [0.2, 0.25) is 0 Å². The van der Waals surface area contributed by atoms with Gasteiger partial charge in [0.05, 0.1) is 0 Å². The molecule has 31 heavy (non-hydrogen) atoms. The van der Waals surface area contributed by atoms with E-state index in [-0.39, 0.29) is 12.8 Å². The first kappa shape index (κ1) is 29.9. The van der Waals surface area contributed by atoms with Crippen LogP contribution < -0.4 is 0 Å². The molecule has 0 aromatic heterocycles. The Labute approximate surface area is 167 Å². The molecule has 0 spiro atoms. The first-order chi connectivity index (χ1) is 13.6. The second-order valence-corrected chi connectivity index (χ2v) is 6.95. The molecule has 0 aliphatic rings. The van der Waals surface area contributed by atoms with Gasteiger partial charge in [0, 0.05) is 6.42 Å². The third-order valence-electron chi connectivity index (χ3n) is 4.49. The number of unbranched alkanes of at least 4 members (excludes halogenated alkanes) is 6. The molecule has 188 valence electrons. The van der Waals surface area contributed by atoms with Gasteiger partial charge >= 0.3 is 41.7 Å². The lowest BCUT2D eigenvalue weighted by Crippen LogP contribution is -2.72. The molecule has 0 aromatic rings. The topological polar surface area (TPSA) is 0 Å². The summed E-state index contributed by atoms with van der Waals surface area (Å²) in [5.41, 5.74) is 0. The molecule has 0 N–H and O–H groups in total. The van der Waals surface area contributed by atoms with E-state index in [1.165, 1.54) is 0 Å². The monoisotopic (exact) mass is 496 g/mol. The van der Waals surface area contributed by atoms with Crippen LogP contribution in [-0.2, 0) is 0 Å². The molecule has 0 aliphatic carbocycles. The van der Waals surface area contributed by atoms with Crippen molar-refractivity contribution in [1.82, 2.24) is 0 Å². The van der Waals surface area contributed by atoms with Crippen molar-refractivity contribution in [2.45, 2.75) is 100 Å². The van der Waals surface area contributed by atoms with Crippen molar-refractivity contribution >= 4 is 0 Å². The van der Waals surface area contributed by atoms with Gasteiger partial charge in [0.15, 0.2) is 0 Å². The highest BCUT2D eigenvalue weighted by Crippen LogP contribution is 2.62. The fraction of sp³-hybridized carbons (Fsp3) is 1.00. The zero-order valence-electron chi connectivity index (χ0n) is 15.8. The van der Waals surface area contributed by atoms with E-state index < -0.39 is 54.6 Å². The summed E-state index contributed by atoms with van der Waals surface area (Å²) in [6.07, 6.45) is -8.28. The highest BCUT2D eigenvalue weighted by Gasteiger charge is 2.93. The summed E-state index contributed by atoms with van der Waals surface area (Å²) in [6, 6.07) is 0. The Kier molecular flexibility index (Phi) is 9.12. The number of rotatable bonds is 13. The highest BCUT2D eigenvalue weighted by molar-refractivity contribution is 5.12. The largest absolute Gasteiger partial charge is 0.460 e. The van der Waals surface area contributed by atoms with Crippen LogP contribution in [0.15, 0.2) is 0 Å². The number of alkyl halides is 15. The Bertz CT molecular complexity index is 562. The molecule has 0 unspecified atom stereocenters. The van der Waals surface area contributed by atoms with Crippen LogP contribution in [0.25, 0.3) is 0 Å². The van der Waals surface area contributed by atoms with Crippen molar-refractivity contribution in [2.75, 3.05) is 0 Å². The molecule has 0 atom stereocenters. The van der Waals surface area contributed by atoms with E-state index in [1.807, 2.05) is 6.92 Å². The Morgan fingerprint density at radius 3 is 1.10 bits per heavy atom. The van der Waals surface area contributed by atoms with E-state index in [0.29, 0.717) is 12.8 Å². The Hall–Kier alpha value is -1.05. The predicted molar refractivity (Wildman–Crippen MR) is 78.3 cm³/mol. The SMILES string of the molecule is CCCCCCCCCC(F)(F)C(F)(F)C(F)(F)C(F)(F)C(F)(F)C(F)(F)C(F)(F)F. The van der Waals surface area contributed by atoms with Gasteiger partial charge in [-0.3, -0.25) is 0 Å². The van der Waals surface area contributed by atoms with Gasteiger partial charge in [-0.1, -0.05) is 45.4 Å². The van der Waals surface area contributed by atoms with Gasteiger partial charge in [-0.05, 0) is 6.42 Å². The molecule has 0 heterocycles. The predicted octanol–water partition coefficient (Wildman–Crippen LogP) is 8.50. The van der Waals surface area contributed by atoms with Crippen molar-refractivity contribution in [3.8, 4) is 0 Å². The smallest absolute Gasteiger partial charge is 0.200 e. The van der Waals surface area contributed by atoms with Crippen LogP contribution in [0.4, 0.5) is 65.9 Å². The minimum atomic E-state index is -8.20. The average molecular weight is 496 g/mol. The maximum atomic E-state index is 13.6. The standard InChI is InChI=1S/C16H19F15/c1-2-3-4-5-6-7-8-9-10(17,18)11(19,20)12(21,22)13(23,24)14(25,26)15(27,28)16(29,30)31/h2-9H2,1H3. The van der Waals surface area contributed by atoms with Gasteiger partial charge in [0.25, 0.3) is 0 Å². The van der Waals surface area contributed by atoms with Gasteiger partial charge in [-0.2, -0.15) is 65.9 Å².